The molecule has 30 heavy (non-hydrogen) atoms. The van der Waals surface area contributed by atoms with Gasteiger partial charge in [0.15, 0.2) is 8.32 Å². The van der Waals surface area contributed by atoms with Crippen molar-refractivity contribution in [1.29, 1.82) is 0 Å². The molecule has 0 aromatic carbocycles. The van der Waals surface area contributed by atoms with Gasteiger partial charge in [-0.3, -0.25) is 0 Å². The number of hydrogen-bond acceptors (Lipinski definition) is 3. The Morgan fingerprint density at radius 1 is 0.733 bits per heavy atom. The fourth-order valence-corrected chi connectivity index (χ4v) is 14.1. The minimum absolute atomic E-state index is 0.687. The highest BCUT2D eigenvalue weighted by Gasteiger charge is 2.54. The maximum atomic E-state index is 6.09. The molecule has 0 aliphatic heterocycles. The molecule has 174 valence electrons. The molecular weight excluding hydrogens is 404 g/mol. The van der Waals surface area contributed by atoms with Gasteiger partial charge in [-0.25, -0.2) is 0 Å². The average molecular weight is 453 g/mol. The lowest BCUT2D eigenvalue weighted by atomic mass is 9.81. The predicted octanol–water partition coefficient (Wildman–Crippen LogP) is 7.01. The maximum absolute atomic E-state index is 6.09. The summed E-state index contributed by atoms with van der Waals surface area (Å²) in [7, 11) is -3.32. The highest BCUT2D eigenvalue weighted by atomic mass is 28.4. The number of hydrogen-bond donors (Lipinski definition) is 0. The Morgan fingerprint density at radius 3 is 1.80 bits per heavy atom. The molecular formula is C25H48O3Si2. The molecule has 0 aromatic rings. The molecule has 3 saturated carbocycles. The Bertz CT molecular complexity index is 585. The standard InChI is InChI=1S/C13H26OSi.C12H22O2Si/c1-6-14-15(4,5)13-8-11-7-12(13)10(3)9(11)2;1-4-13-15(3,14-5-2)12-9-10-6-7-11(12)8-10/h9-13H,6-8H2,1-5H3;6-7,10-12H,4-5,8-9H2,1-3H3. The summed E-state index contributed by atoms with van der Waals surface area (Å²) in [6.07, 6.45) is 10.4. The maximum Gasteiger partial charge on any atom is 0.338 e. The van der Waals surface area contributed by atoms with E-state index in [2.05, 4.69) is 66.4 Å². The van der Waals surface area contributed by atoms with E-state index in [0.29, 0.717) is 5.54 Å². The van der Waals surface area contributed by atoms with Crippen molar-refractivity contribution in [3.05, 3.63) is 12.2 Å². The van der Waals surface area contributed by atoms with E-state index >= 15 is 0 Å². The van der Waals surface area contributed by atoms with Crippen LogP contribution in [0.3, 0.4) is 0 Å². The minimum Gasteiger partial charge on any atom is -0.417 e. The van der Waals surface area contributed by atoms with Crippen LogP contribution < -0.4 is 0 Å². The van der Waals surface area contributed by atoms with Crippen LogP contribution in [0.1, 0.15) is 60.3 Å². The van der Waals surface area contributed by atoms with Gasteiger partial charge in [-0.2, -0.15) is 0 Å². The second-order valence-corrected chi connectivity index (χ2v) is 18.6. The van der Waals surface area contributed by atoms with Gasteiger partial charge in [0, 0.05) is 25.4 Å². The first-order chi connectivity index (χ1) is 14.2. The molecule has 3 nitrogen and oxygen atoms in total. The third-order valence-corrected chi connectivity index (χ3v) is 16.3. The van der Waals surface area contributed by atoms with Gasteiger partial charge in [0.25, 0.3) is 0 Å². The quantitative estimate of drug-likeness (QED) is 0.293. The Morgan fingerprint density at radius 2 is 1.37 bits per heavy atom. The summed E-state index contributed by atoms with van der Waals surface area (Å²) < 4.78 is 18.1. The summed E-state index contributed by atoms with van der Waals surface area (Å²) in [4.78, 5) is 0. The van der Waals surface area contributed by atoms with Gasteiger partial charge in [-0.05, 0) is 107 Å². The molecule has 0 N–H and O–H groups in total. The fraction of sp³-hybridized carbons (Fsp3) is 0.920. The molecule has 8 atom stereocenters. The number of allylic oxidation sites excluding steroid dienone is 2. The second-order valence-electron chi connectivity index (χ2n) is 11.0. The van der Waals surface area contributed by atoms with Crippen LogP contribution in [-0.2, 0) is 13.3 Å². The van der Waals surface area contributed by atoms with Crippen molar-refractivity contribution in [3.63, 3.8) is 0 Å². The van der Waals surface area contributed by atoms with E-state index in [-0.39, 0.29) is 0 Å². The zero-order chi connectivity index (χ0) is 22.1. The lowest BCUT2D eigenvalue weighted by Crippen LogP contribution is -2.45. The van der Waals surface area contributed by atoms with Gasteiger partial charge in [-0.1, -0.05) is 26.0 Å². The van der Waals surface area contributed by atoms with Crippen LogP contribution >= 0.6 is 0 Å². The third-order valence-electron chi connectivity index (χ3n) is 9.12. The molecule has 4 rings (SSSR count). The van der Waals surface area contributed by atoms with Crippen LogP contribution in [-0.4, -0.2) is 36.7 Å². The first kappa shape index (κ1) is 24.7. The monoisotopic (exact) mass is 452 g/mol. The lowest BCUT2D eigenvalue weighted by Gasteiger charge is -2.39. The summed E-state index contributed by atoms with van der Waals surface area (Å²) in [6, 6.07) is 0. The molecule has 0 spiro atoms. The molecule has 0 aromatic heterocycles. The normalized spacial score (nSPS) is 39.5. The van der Waals surface area contributed by atoms with Crippen LogP contribution in [0.5, 0.6) is 0 Å². The van der Waals surface area contributed by atoms with Gasteiger partial charge in [-0.15, -0.1) is 0 Å². The molecule has 0 amide bonds. The van der Waals surface area contributed by atoms with Gasteiger partial charge in [0.2, 0.25) is 0 Å². The molecule has 3 fully saturated rings. The largest absolute Gasteiger partial charge is 0.417 e. The van der Waals surface area contributed by atoms with Gasteiger partial charge in [0.1, 0.15) is 0 Å². The molecule has 0 radical (unpaired) electrons. The van der Waals surface area contributed by atoms with Gasteiger partial charge in [0.05, 0.1) is 0 Å². The molecule has 4 bridgehead atoms. The van der Waals surface area contributed by atoms with Crippen LogP contribution in [0.4, 0.5) is 0 Å². The summed E-state index contributed by atoms with van der Waals surface area (Å²) in [6.45, 7) is 20.8. The summed E-state index contributed by atoms with van der Waals surface area (Å²) >= 11 is 0. The lowest BCUT2D eigenvalue weighted by molar-refractivity contribution is 0.174. The van der Waals surface area contributed by atoms with Crippen LogP contribution in [0.2, 0.25) is 30.7 Å². The van der Waals surface area contributed by atoms with Crippen molar-refractivity contribution in [2.75, 3.05) is 19.8 Å². The Balaban J connectivity index is 0.000000171. The summed E-state index contributed by atoms with van der Waals surface area (Å²) in [5.41, 5.74) is 1.63. The zero-order valence-electron chi connectivity index (χ0n) is 20.9. The van der Waals surface area contributed by atoms with E-state index in [9.17, 15) is 0 Å². The van der Waals surface area contributed by atoms with E-state index in [1.165, 1.54) is 25.7 Å². The number of rotatable bonds is 8. The first-order valence-electron chi connectivity index (χ1n) is 12.8. The molecule has 0 saturated heterocycles. The van der Waals surface area contributed by atoms with Crippen LogP contribution in [0.25, 0.3) is 0 Å². The van der Waals surface area contributed by atoms with Crippen molar-refractivity contribution in [2.45, 2.75) is 91.0 Å². The summed E-state index contributed by atoms with van der Waals surface area (Å²) in [5, 5.41) is 0. The van der Waals surface area contributed by atoms with Gasteiger partial charge >= 0.3 is 8.56 Å². The van der Waals surface area contributed by atoms with E-state index in [0.717, 1.165) is 60.9 Å². The molecule has 5 heteroatoms. The zero-order valence-corrected chi connectivity index (χ0v) is 22.9. The van der Waals surface area contributed by atoms with Crippen LogP contribution in [0.15, 0.2) is 12.2 Å². The molecule has 0 heterocycles. The fourth-order valence-electron chi connectivity index (χ4n) is 7.43. The van der Waals surface area contributed by atoms with Crippen molar-refractivity contribution in [1.82, 2.24) is 0 Å². The van der Waals surface area contributed by atoms with E-state index in [1.807, 2.05) is 0 Å². The second kappa shape index (κ2) is 9.90. The summed E-state index contributed by atoms with van der Waals surface area (Å²) in [5.74, 6) is 5.47. The third kappa shape index (κ3) is 4.85. The first-order valence-corrected chi connectivity index (χ1v) is 18.1. The van der Waals surface area contributed by atoms with E-state index < -0.39 is 16.9 Å². The SMILES string of the molecule is CCO[Si](C)(C)C1CC2CC1C(C)C2C.CCO[Si](C)(OCC)C1CC2C=CC1C2. The Hall–Kier alpha value is 0.0538. The molecule has 4 aliphatic carbocycles. The van der Waals surface area contributed by atoms with Crippen molar-refractivity contribution in [2.24, 2.45) is 35.5 Å². The predicted molar refractivity (Wildman–Crippen MR) is 131 cm³/mol. The highest BCUT2D eigenvalue weighted by molar-refractivity contribution is 6.72. The highest BCUT2D eigenvalue weighted by Crippen LogP contribution is 2.60. The Kier molecular flexibility index (Phi) is 8.15. The smallest absolute Gasteiger partial charge is 0.338 e. The topological polar surface area (TPSA) is 27.7 Å². The van der Waals surface area contributed by atoms with Gasteiger partial charge < -0.3 is 13.3 Å². The minimum atomic E-state index is -1.92. The van der Waals surface area contributed by atoms with E-state index in [4.69, 9.17) is 13.3 Å². The average Bonchev–Trinajstić information content (AvgIpc) is 3.46. The van der Waals surface area contributed by atoms with Crippen molar-refractivity contribution < 1.29 is 13.3 Å². The molecule has 4 aliphatic rings. The van der Waals surface area contributed by atoms with Crippen LogP contribution in [0, 0.1) is 35.5 Å². The number of fused-ring (bicyclic) bond motifs is 4. The van der Waals surface area contributed by atoms with Crippen molar-refractivity contribution >= 4 is 16.9 Å². The van der Waals surface area contributed by atoms with E-state index in [1.54, 1.807) is 0 Å². The van der Waals surface area contributed by atoms with Crippen molar-refractivity contribution in [3.8, 4) is 0 Å². The Labute approximate surface area is 188 Å². The molecule has 8 unspecified atom stereocenters.